The lowest BCUT2D eigenvalue weighted by atomic mass is 10.2. The zero-order valence-corrected chi connectivity index (χ0v) is 11.6. The van der Waals surface area contributed by atoms with E-state index in [0.717, 1.165) is 10.2 Å². The van der Waals surface area contributed by atoms with Gasteiger partial charge in [0.2, 0.25) is 5.88 Å². The summed E-state index contributed by atoms with van der Waals surface area (Å²) in [6.45, 7) is 3.62. The Morgan fingerprint density at radius 2 is 2.05 bits per heavy atom. The molecule has 0 fully saturated rings. The normalized spacial score (nSPS) is 10.4. The average Bonchev–Trinajstić information content (AvgIpc) is 2.75. The standard InChI is InChI=1S/C13H14N4O4/c1-3-11-8(2)16(13(14)18)15-12(11)21-10-6-4-9(5-7-10)17(19)20/h4-7H,3H2,1-2H3,(H2,14,18). The van der Waals surface area contributed by atoms with E-state index >= 15 is 0 Å². The Balaban J connectivity index is 2.32. The molecule has 0 radical (unpaired) electrons. The molecule has 0 atom stereocenters. The number of nitro groups is 1. The van der Waals surface area contributed by atoms with Crippen molar-refractivity contribution in [3.8, 4) is 11.6 Å². The first-order chi connectivity index (χ1) is 9.93. The lowest BCUT2D eigenvalue weighted by molar-refractivity contribution is -0.384. The molecule has 0 aliphatic rings. The highest BCUT2D eigenvalue weighted by atomic mass is 16.6. The second kappa shape index (κ2) is 5.61. The number of hydrogen-bond acceptors (Lipinski definition) is 5. The minimum Gasteiger partial charge on any atom is -0.437 e. The van der Waals surface area contributed by atoms with Crippen molar-refractivity contribution in [2.75, 3.05) is 0 Å². The van der Waals surface area contributed by atoms with Gasteiger partial charge in [-0.05, 0) is 25.5 Å². The number of carbonyl (C=O) groups excluding carboxylic acids is 1. The van der Waals surface area contributed by atoms with Crippen molar-refractivity contribution in [3.05, 3.63) is 45.6 Å². The molecule has 1 amide bonds. The first kappa shape index (κ1) is 14.5. The Morgan fingerprint density at radius 1 is 1.43 bits per heavy atom. The summed E-state index contributed by atoms with van der Waals surface area (Å²) in [4.78, 5) is 21.4. The smallest absolute Gasteiger partial charge is 0.339 e. The van der Waals surface area contributed by atoms with Gasteiger partial charge in [-0.2, -0.15) is 4.68 Å². The Labute approximate surface area is 120 Å². The van der Waals surface area contributed by atoms with Crippen LogP contribution in [0.4, 0.5) is 10.5 Å². The number of aromatic nitrogens is 2. The van der Waals surface area contributed by atoms with Gasteiger partial charge in [-0.15, -0.1) is 5.10 Å². The van der Waals surface area contributed by atoms with Gasteiger partial charge in [-0.3, -0.25) is 10.1 Å². The van der Waals surface area contributed by atoms with Crippen LogP contribution in [-0.2, 0) is 6.42 Å². The van der Waals surface area contributed by atoms with Gasteiger partial charge in [0.1, 0.15) is 5.75 Å². The zero-order chi connectivity index (χ0) is 15.6. The van der Waals surface area contributed by atoms with Gasteiger partial charge in [-0.1, -0.05) is 6.92 Å². The van der Waals surface area contributed by atoms with Crippen LogP contribution in [-0.4, -0.2) is 20.7 Å². The van der Waals surface area contributed by atoms with Crippen molar-refractivity contribution >= 4 is 11.7 Å². The van der Waals surface area contributed by atoms with E-state index in [0.29, 0.717) is 17.9 Å². The van der Waals surface area contributed by atoms with E-state index in [1.807, 2.05) is 6.92 Å². The highest BCUT2D eigenvalue weighted by Gasteiger charge is 2.18. The lowest BCUT2D eigenvalue weighted by Gasteiger charge is -2.03. The van der Waals surface area contributed by atoms with Gasteiger partial charge < -0.3 is 10.5 Å². The number of nitrogens with zero attached hydrogens (tertiary/aromatic N) is 3. The summed E-state index contributed by atoms with van der Waals surface area (Å²) in [5.41, 5.74) is 6.57. The molecule has 110 valence electrons. The molecule has 0 aliphatic carbocycles. The van der Waals surface area contributed by atoms with Crippen LogP contribution in [0.2, 0.25) is 0 Å². The van der Waals surface area contributed by atoms with Gasteiger partial charge in [0.15, 0.2) is 0 Å². The number of hydrogen-bond donors (Lipinski definition) is 1. The second-order valence-electron chi connectivity index (χ2n) is 4.33. The van der Waals surface area contributed by atoms with Gasteiger partial charge in [0.05, 0.1) is 10.6 Å². The van der Waals surface area contributed by atoms with Crippen LogP contribution in [0, 0.1) is 17.0 Å². The van der Waals surface area contributed by atoms with Crippen molar-refractivity contribution in [1.82, 2.24) is 9.78 Å². The van der Waals surface area contributed by atoms with Crippen LogP contribution < -0.4 is 10.5 Å². The zero-order valence-electron chi connectivity index (χ0n) is 11.6. The molecule has 8 heteroatoms. The van der Waals surface area contributed by atoms with E-state index in [1.54, 1.807) is 6.92 Å². The topological polar surface area (TPSA) is 113 Å². The highest BCUT2D eigenvalue weighted by molar-refractivity contribution is 5.75. The molecule has 1 aromatic heterocycles. The average molecular weight is 290 g/mol. The summed E-state index contributed by atoms with van der Waals surface area (Å²) in [6, 6.07) is 4.91. The molecule has 2 rings (SSSR count). The number of nitro benzene ring substituents is 1. The number of rotatable bonds is 4. The first-order valence-corrected chi connectivity index (χ1v) is 6.24. The molecule has 0 unspecified atom stereocenters. The minimum absolute atomic E-state index is 0.0306. The lowest BCUT2D eigenvalue weighted by Crippen LogP contribution is -2.22. The molecular formula is C13H14N4O4. The van der Waals surface area contributed by atoms with E-state index in [9.17, 15) is 14.9 Å². The van der Waals surface area contributed by atoms with E-state index in [1.165, 1.54) is 24.3 Å². The molecule has 8 nitrogen and oxygen atoms in total. The van der Waals surface area contributed by atoms with Crippen LogP contribution in [0.25, 0.3) is 0 Å². The van der Waals surface area contributed by atoms with Gasteiger partial charge in [-0.25, -0.2) is 4.79 Å². The molecule has 0 saturated carbocycles. The van der Waals surface area contributed by atoms with E-state index < -0.39 is 11.0 Å². The number of ether oxygens (including phenoxy) is 1. The Bertz CT molecular complexity index is 691. The number of amides is 1. The number of nitrogens with two attached hydrogens (primary N) is 1. The van der Waals surface area contributed by atoms with Crippen molar-refractivity contribution in [3.63, 3.8) is 0 Å². The summed E-state index contributed by atoms with van der Waals surface area (Å²) in [5, 5.41) is 14.6. The van der Waals surface area contributed by atoms with Gasteiger partial charge >= 0.3 is 6.03 Å². The minimum atomic E-state index is -0.694. The van der Waals surface area contributed by atoms with Crippen molar-refractivity contribution in [1.29, 1.82) is 0 Å². The fourth-order valence-electron chi connectivity index (χ4n) is 1.96. The molecule has 0 aliphatic heterocycles. The van der Waals surface area contributed by atoms with E-state index in [2.05, 4.69) is 5.10 Å². The van der Waals surface area contributed by atoms with Gasteiger partial charge in [0.25, 0.3) is 5.69 Å². The Morgan fingerprint density at radius 3 is 2.52 bits per heavy atom. The van der Waals surface area contributed by atoms with Crippen molar-refractivity contribution in [2.24, 2.45) is 5.73 Å². The summed E-state index contributed by atoms with van der Waals surface area (Å²) < 4.78 is 6.65. The van der Waals surface area contributed by atoms with Crippen LogP contribution in [0.5, 0.6) is 11.6 Å². The first-order valence-electron chi connectivity index (χ1n) is 6.24. The van der Waals surface area contributed by atoms with Crippen LogP contribution >= 0.6 is 0 Å². The van der Waals surface area contributed by atoms with Crippen molar-refractivity contribution in [2.45, 2.75) is 20.3 Å². The maximum atomic E-state index is 11.3. The van der Waals surface area contributed by atoms with E-state index in [-0.39, 0.29) is 11.6 Å². The monoisotopic (exact) mass is 290 g/mol. The fourth-order valence-corrected chi connectivity index (χ4v) is 1.96. The molecule has 2 aromatic rings. The number of benzene rings is 1. The summed E-state index contributed by atoms with van der Waals surface area (Å²) >= 11 is 0. The molecule has 0 spiro atoms. The Hall–Kier alpha value is -2.90. The molecule has 0 saturated heterocycles. The van der Waals surface area contributed by atoms with Crippen molar-refractivity contribution < 1.29 is 14.5 Å². The third kappa shape index (κ3) is 2.83. The quantitative estimate of drug-likeness (QED) is 0.686. The summed E-state index contributed by atoms with van der Waals surface area (Å²) in [7, 11) is 0. The highest BCUT2D eigenvalue weighted by Crippen LogP contribution is 2.28. The predicted octanol–water partition coefficient (Wildman–Crippen LogP) is 2.38. The Kier molecular flexibility index (Phi) is 3.88. The summed E-state index contributed by atoms with van der Waals surface area (Å²) in [6.07, 6.45) is 0.613. The third-order valence-electron chi connectivity index (χ3n) is 3.03. The maximum Gasteiger partial charge on any atom is 0.339 e. The van der Waals surface area contributed by atoms with Crippen LogP contribution in [0.3, 0.4) is 0 Å². The molecule has 21 heavy (non-hydrogen) atoms. The largest absolute Gasteiger partial charge is 0.437 e. The maximum absolute atomic E-state index is 11.3. The van der Waals surface area contributed by atoms with Crippen LogP contribution in [0.1, 0.15) is 18.2 Å². The molecule has 1 heterocycles. The molecular weight excluding hydrogens is 276 g/mol. The molecule has 2 N–H and O–H groups in total. The van der Waals surface area contributed by atoms with Crippen LogP contribution in [0.15, 0.2) is 24.3 Å². The molecule has 1 aromatic carbocycles. The second-order valence-corrected chi connectivity index (χ2v) is 4.33. The van der Waals surface area contributed by atoms with Gasteiger partial charge in [0, 0.05) is 17.7 Å². The fraction of sp³-hybridized carbons (Fsp3) is 0.231. The molecule has 0 bridgehead atoms. The SMILES string of the molecule is CCc1c(Oc2ccc([N+](=O)[O-])cc2)nn(C(N)=O)c1C. The third-order valence-corrected chi connectivity index (χ3v) is 3.03. The number of primary amides is 1. The van der Waals surface area contributed by atoms with E-state index in [4.69, 9.17) is 10.5 Å². The number of non-ortho nitro benzene ring substituents is 1. The summed E-state index contributed by atoms with van der Waals surface area (Å²) in [5.74, 6) is 0.659. The number of carbonyl (C=O) groups is 1. The predicted molar refractivity (Wildman–Crippen MR) is 74.5 cm³/mol.